The van der Waals surface area contributed by atoms with Gasteiger partial charge in [0.1, 0.15) is 0 Å². The van der Waals surface area contributed by atoms with Gasteiger partial charge in [-0.3, -0.25) is 4.79 Å². The highest BCUT2D eigenvalue weighted by Crippen LogP contribution is 2.16. The van der Waals surface area contributed by atoms with Gasteiger partial charge < -0.3 is 9.80 Å². The number of aryl methyl sites for hydroxylation is 1. The van der Waals surface area contributed by atoms with Crippen LogP contribution in [0.4, 0.5) is 5.69 Å². The molecule has 0 heterocycles. The molecule has 0 bridgehead atoms. The number of amides is 1. The van der Waals surface area contributed by atoms with Crippen molar-refractivity contribution in [2.45, 2.75) is 26.7 Å². The van der Waals surface area contributed by atoms with Crippen LogP contribution in [0.5, 0.6) is 0 Å². The van der Waals surface area contributed by atoms with Gasteiger partial charge in [-0.2, -0.15) is 5.26 Å². The first-order chi connectivity index (χ1) is 9.58. The summed E-state index contributed by atoms with van der Waals surface area (Å²) in [5, 5.41) is 8.53. The predicted octanol–water partition coefficient (Wildman–Crippen LogP) is 2.58. The minimum atomic E-state index is 0.0892. The number of anilines is 1. The maximum absolute atomic E-state index is 12.0. The van der Waals surface area contributed by atoms with Crippen LogP contribution in [0.15, 0.2) is 24.3 Å². The fraction of sp³-hybridized carbons (Fsp3) is 0.500. The van der Waals surface area contributed by atoms with Crippen LogP contribution in [-0.4, -0.2) is 37.5 Å². The van der Waals surface area contributed by atoms with Gasteiger partial charge >= 0.3 is 0 Å². The van der Waals surface area contributed by atoms with Crippen LogP contribution in [0.2, 0.25) is 0 Å². The van der Waals surface area contributed by atoms with Crippen LogP contribution in [0.1, 0.15) is 25.3 Å². The minimum absolute atomic E-state index is 0.0892. The van der Waals surface area contributed by atoms with E-state index in [-0.39, 0.29) is 5.91 Å². The molecule has 0 fully saturated rings. The van der Waals surface area contributed by atoms with E-state index in [1.165, 1.54) is 5.56 Å². The average Bonchev–Trinajstić information content (AvgIpc) is 2.45. The van der Waals surface area contributed by atoms with Gasteiger partial charge in [-0.15, -0.1) is 0 Å². The van der Waals surface area contributed by atoms with Crippen molar-refractivity contribution in [2.75, 3.05) is 31.6 Å². The predicted molar refractivity (Wildman–Crippen MR) is 81.6 cm³/mol. The second kappa shape index (κ2) is 8.21. The van der Waals surface area contributed by atoms with Crippen LogP contribution in [0.25, 0.3) is 0 Å². The molecular formula is C16H23N3O. The second-order valence-corrected chi connectivity index (χ2v) is 4.89. The number of benzene rings is 1. The van der Waals surface area contributed by atoms with E-state index in [0.717, 1.165) is 12.2 Å². The standard InChI is InChI=1S/C16H23N3O/c1-4-19(15-8-5-7-14(2)13-15)12-9-16(20)18(3)11-6-10-17/h5,7-8,13H,4,6,9,11-12H2,1-3H3. The summed E-state index contributed by atoms with van der Waals surface area (Å²) in [6, 6.07) is 10.4. The SMILES string of the molecule is CCN(CCC(=O)N(C)CCC#N)c1cccc(C)c1. The monoisotopic (exact) mass is 273 g/mol. The molecule has 0 N–H and O–H groups in total. The highest BCUT2D eigenvalue weighted by atomic mass is 16.2. The molecule has 1 aromatic rings. The fourth-order valence-electron chi connectivity index (χ4n) is 2.06. The molecule has 4 nitrogen and oxygen atoms in total. The summed E-state index contributed by atoms with van der Waals surface area (Å²) in [4.78, 5) is 15.8. The Morgan fingerprint density at radius 2 is 2.10 bits per heavy atom. The molecule has 0 aliphatic carbocycles. The van der Waals surface area contributed by atoms with Gasteiger partial charge in [0.2, 0.25) is 5.91 Å². The van der Waals surface area contributed by atoms with Crippen LogP contribution in [0.3, 0.4) is 0 Å². The van der Waals surface area contributed by atoms with Crippen molar-refractivity contribution in [3.63, 3.8) is 0 Å². The third-order valence-corrected chi connectivity index (χ3v) is 3.33. The van der Waals surface area contributed by atoms with E-state index < -0.39 is 0 Å². The Labute approximate surface area is 121 Å². The Morgan fingerprint density at radius 1 is 1.35 bits per heavy atom. The van der Waals surface area contributed by atoms with Gasteiger partial charge in [0.15, 0.2) is 0 Å². The molecule has 0 unspecified atom stereocenters. The first kappa shape index (κ1) is 16.0. The smallest absolute Gasteiger partial charge is 0.224 e. The van der Waals surface area contributed by atoms with E-state index in [1.807, 2.05) is 6.07 Å². The summed E-state index contributed by atoms with van der Waals surface area (Å²) in [6.07, 6.45) is 0.862. The largest absolute Gasteiger partial charge is 0.371 e. The Morgan fingerprint density at radius 3 is 2.70 bits per heavy atom. The molecule has 0 aromatic heterocycles. The number of carbonyl (C=O) groups excluding carboxylic acids is 1. The third-order valence-electron chi connectivity index (χ3n) is 3.33. The van der Waals surface area contributed by atoms with Crippen molar-refractivity contribution in [3.05, 3.63) is 29.8 Å². The first-order valence-electron chi connectivity index (χ1n) is 7.01. The summed E-state index contributed by atoms with van der Waals surface area (Å²) in [6.45, 7) is 6.24. The quantitative estimate of drug-likeness (QED) is 0.767. The minimum Gasteiger partial charge on any atom is -0.371 e. The lowest BCUT2D eigenvalue weighted by molar-refractivity contribution is -0.129. The zero-order valence-electron chi connectivity index (χ0n) is 12.6. The van der Waals surface area contributed by atoms with Crippen molar-refractivity contribution >= 4 is 11.6 Å². The van der Waals surface area contributed by atoms with Gasteiger partial charge in [-0.1, -0.05) is 12.1 Å². The molecule has 1 rings (SSSR count). The number of hydrogen-bond donors (Lipinski definition) is 0. The van der Waals surface area contributed by atoms with E-state index in [9.17, 15) is 4.79 Å². The van der Waals surface area contributed by atoms with E-state index >= 15 is 0 Å². The van der Waals surface area contributed by atoms with Crippen LogP contribution in [-0.2, 0) is 4.79 Å². The Kier molecular flexibility index (Phi) is 6.58. The van der Waals surface area contributed by atoms with E-state index in [2.05, 4.69) is 43.0 Å². The van der Waals surface area contributed by atoms with Crippen molar-refractivity contribution in [3.8, 4) is 6.07 Å². The molecule has 0 saturated heterocycles. The van der Waals surface area contributed by atoms with Gasteiger partial charge in [-0.25, -0.2) is 0 Å². The maximum Gasteiger partial charge on any atom is 0.224 e. The number of hydrogen-bond acceptors (Lipinski definition) is 3. The molecule has 0 aliphatic rings. The van der Waals surface area contributed by atoms with Crippen molar-refractivity contribution in [1.29, 1.82) is 5.26 Å². The summed E-state index contributed by atoms with van der Waals surface area (Å²) >= 11 is 0. The fourth-order valence-corrected chi connectivity index (χ4v) is 2.06. The van der Waals surface area contributed by atoms with E-state index in [0.29, 0.717) is 25.9 Å². The third kappa shape index (κ3) is 4.93. The molecule has 1 aromatic carbocycles. The summed E-state index contributed by atoms with van der Waals surface area (Å²) in [7, 11) is 1.75. The number of rotatable bonds is 7. The zero-order chi connectivity index (χ0) is 15.0. The molecule has 20 heavy (non-hydrogen) atoms. The molecule has 4 heteroatoms. The molecule has 0 aliphatic heterocycles. The highest BCUT2D eigenvalue weighted by Gasteiger charge is 2.11. The molecule has 1 amide bonds. The van der Waals surface area contributed by atoms with E-state index in [1.54, 1.807) is 11.9 Å². The van der Waals surface area contributed by atoms with Gasteiger partial charge in [0, 0.05) is 38.8 Å². The average molecular weight is 273 g/mol. The summed E-state index contributed by atoms with van der Waals surface area (Å²) < 4.78 is 0. The molecule has 0 radical (unpaired) electrons. The number of carbonyl (C=O) groups is 1. The lowest BCUT2D eigenvalue weighted by atomic mass is 10.2. The molecular weight excluding hydrogens is 250 g/mol. The van der Waals surface area contributed by atoms with Crippen LogP contribution >= 0.6 is 0 Å². The number of nitrogens with zero attached hydrogens (tertiary/aromatic N) is 3. The normalized spacial score (nSPS) is 9.90. The summed E-state index contributed by atoms with van der Waals surface area (Å²) in [5.41, 5.74) is 2.37. The topological polar surface area (TPSA) is 47.3 Å². The van der Waals surface area contributed by atoms with Gasteiger partial charge in [0.05, 0.1) is 12.5 Å². The van der Waals surface area contributed by atoms with Crippen LogP contribution < -0.4 is 4.90 Å². The van der Waals surface area contributed by atoms with Gasteiger partial charge in [-0.05, 0) is 31.5 Å². The second-order valence-electron chi connectivity index (χ2n) is 4.89. The maximum atomic E-state index is 12.0. The van der Waals surface area contributed by atoms with Crippen LogP contribution in [0, 0.1) is 18.3 Å². The molecule has 0 spiro atoms. The lowest BCUT2D eigenvalue weighted by Crippen LogP contribution is -2.32. The van der Waals surface area contributed by atoms with Crippen molar-refractivity contribution in [1.82, 2.24) is 4.90 Å². The Bertz CT molecular complexity index is 479. The van der Waals surface area contributed by atoms with Crippen molar-refractivity contribution < 1.29 is 4.79 Å². The zero-order valence-corrected chi connectivity index (χ0v) is 12.6. The Balaban J connectivity index is 2.54. The Hall–Kier alpha value is -2.02. The van der Waals surface area contributed by atoms with E-state index in [4.69, 9.17) is 5.26 Å². The summed E-state index contributed by atoms with van der Waals surface area (Å²) in [5.74, 6) is 0.0892. The molecule has 0 saturated carbocycles. The first-order valence-corrected chi connectivity index (χ1v) is 7.01. The van der Waals surface area contributed by atoms with Crippen molar-refractivity contribution in [2.24, 2.45) is 0 Å². The molecule has 0 atom stereocenters. The number of nitriles is 1. The van der Waals surface area contributed by atoms with Gasteiger partial charge in [0.25, 0.3) is 0 Å². The highest BCUT2D eigenvalue weighted by molar-refractivity contribution is 5.76. The lowest BCUT2D eigenvalue weighted by Gasteiger charge is -2.24. The molecule has 108 valence electrons.